The van der Waals surface area contributed by atoms with Crippen molar-refractivity contribution in [3.05, 3.63) is 72.9 Å². The fourth-order valence-corrected chi connectivity index (χ4v) is 3.35. The van der Waals surface area contributed by atoms with Crippen LogP contribution in [0.15, 0.2) is 72.9 Å². The molecule has 0 saturated carbocycles. The third-order valence-electron chi connectivity index (χ3n) is 4.99. The summed E-state index contributed by atoms with van der Waals surface area (Å²) in [6.45, 7) is 6.72. The molecule has 4 heteroatoms. The van der Waals surface area contributed by atoms with E-state index in [1.165, 1.54) is 0 Å². The van der Waals surface area contributed by atoms with Crippen LogP contribution in [0.3, 0.4) is 0 Å². The van der Waals surface area contributed by atoms with E-state index < -0.39 is 5.97 Å². The molecular formula is C30H47NO3. The molecule has 0 spiro atoms. The second kappa shape index (κ2) is 23.5. The molecule has 0 unspecified atom stereocenters. The van der Waals surface area contributed by atoms with Gasteiger partial charge in [-0.2, -0.15) is 0 Å². The van der Waals surface area contributed by atoms with Crippen molar-refractivity contribution >= 4 is 11.9 Å². The molecule has 0 aromatic rings. The molecule has 34 heavy (non-hydrogen) atoms. The number of amides is 1. The molecule has 0 aromatic carbocycles. The predicted molar refractivity (Wildman–Crippen MR) is 146 cm³/mol. The molecule has 0 aliphatic rings. The van der Waals surface area contributed by atoms with Gasteiger partial charge in [0.15, 0.2) is 0 Å². The number of carboxylic acids is 1. The van der Waals surface area contributed by atoms with Crippen molar-refractivity contribution in [1.82, 2.24) is 5.32 Å². The Morgan fingerprint density at radius 2 is 1.18 bits per heavy atom. The standard InChI is InChI=1S/C30H47NO3/c1-4-5-6-7-8-9-10-11-12-13-14-15-16-17-18-19-20-21-22-23-29(32)31-26-28(24-27(2)3)25-30(33)34/h5-6,8-9,11-12,14-15,17-18,20-21,27-28H,4,7,10,13,16,19,22-26H2,1-3H3,(H,31,32)(H,33,34)/t28-/m0/s1. The van der Waals surface area contributed by atoms with E-state index in [0.29, 0.717) is 25.3 Å². The lowest BCUT2D eigenvalue weighted by molar-refractivity contribution is -0.138. The number of carbonyl (C=O) groups is 2. The van der Waals surface area contributed by atoms with Crippen molar-refractivity contribution in [2.75, 3.05) is 6.54 Å². The second-order valence-corrected chi connectivity index (χ2v) is 8.85. The number of allylic oxidation sites excluding steroid dienone is 12. The summed E-state index contributed by atoms with van der Waals surface area (Å²) in [5.41, 5.74) is 0. The average Bonchev–Trinajstić information content (AvgIpc) is 2.78. The largest absolute Gasteiger partial charge is 0.481 e. The Morgan fingerprint density at radius 1 is 0.735 bits per heavy atom. The monoisotopic (exact) mass is 469 g/mol. The summed E-state index contributed by atoms with van der Waals surface area (Å²) in [5.74, 6) is -0.413. The summed E-state index contributed by atoms with van der Waals surface area (Å²) in [6.07, 6.45) is 33.9. The normalized spacial score (nSPS) is 13.6. The van der Waals surface area contributed by atoms with Gasteiger partial charge in [0, 0.05) is 19.4 Å². The van der Waals surface area contributed by atoms with E-state index >= 15 is 0 Å². The van der Waals surface area contributed by atoms with Crippen molar-refractivity contribution in [2.45, 2.75) is 85.0 Å². The van der Waals surface area contributed by atoms with Crippen LogP contribution in [0.5, 0.6) is 0 Å². The highest BCUT2D eigenvalue weighted by Gasteiger charge is 2.15. The van der Waals surface area contributed by atoms with Crippen molar-refractivity contribution in [1.29, 1.82) is 0 Å². The highest BCUT2D eigenvalue weighted by atomic mass is 16.4. The number of carboxylic acid groups (broad SMARTS) is 1. The zero-order valence-electron chi connectivity index (χ0n) is 21.6. The van der Waals surface area contributed by atoms with E-state index in [1.54, 1.807) is 0 Å². The fraction of sp³-hybridized carbons (Fsp3) is 0.533. The van der Waals surface area contributed by atoms with Crippen LogP contribution in [0.4, 0.5) is 0 Å². The zero-order valence-corrected chi connectivity index (χ0v) is 21.6. The number of carbonyl (C=O) groups excluding carboxylic acids is 1. The first-order valence-electron chi connectivity index (χ1n) is 12.8. The molecule has 1 atom stereocenters. The molecule has 4 nitrogen and oxygen atoms in total. The highest BCUT2D eigenvalue weighted by molar-refractivity contribution is 5.76. The maximum atomic E-state index is 12.0. The molecule has 0 radical (unpaired) electrons. The summed E-state index contributed by atoms with van der Waals surface area (Å²) in [4.78, 5) is 22.9. The molecular weight excluding hydrogens is 422 g/mol. The SMILES string of the molecule is CCC=CCC=CCC=CCC=CCC=CCC=CCCC(=O)NC[C@H](CC(=O)O)CC(C)C. The molecule has 0 aromatic heterocycles. The van der Waals surface area contributed by atoms with Crippen molar-refractivity contribution in [2.24, 2.45) is 11.8 Å². The van der Waals surface area contributed by atoms with Gasteiger partial charge >= 0.3 is 5.97 Å². The zero-order chi connectivity index (χ0) is 25.3. The van der Waals surface area contributed by atoms with E-state index in [0.717, 1.165) is 44.9 Å². The summed E-state index contributed by atoms with van der Waals surface area (Å²) in [7, 11) is 0. The lowest BCUT2D eigenvalue weighted by Crippen LogP contribution is -2.30. The Bertz CT molecular complexity index is 696. The summed E-state index contributed by atoms with van der Waals surface area (Å²) in [6, 6.07) is 0. The predicted octanol–water partition coefficient (Wildman–Crippen LogP) is 7.72. The number of rotatable bonds is 20. The first-order chi connectivity index (χ1) is 16.5. The average molecular weight is 470 g/mol. The second-order valence-electron chi connectivity index (χ2n) is 8.85. The minimum absolute atomic E-state index is 0.00711. The molecule has 2 N–H and O–H groups in total. The van der Waals surface area contributed by atoms with Gasteiger partial charge in [-0.05, 0) is 63.2 Å². The van der Waals surface area contributed by atoms with Gasteiger partial charge in [-0.3, -0.25) is 9.59 Å². The minimum Gasteiger partial charge on any atom is -0.481 e. The summed E-state index contributed by atoms with van der Waals surface area (Å²) >= 11 is 0. The van der Waals surface area contributed by atoms with Gasteiger partial charge < -0.3 is 10.4 Å². The number of hydrogen-bond donors (Lipinski definition) is 2. The van der Waals surface area contributed by atoms with Crippen molar-refractivity contribution in [3.8, 4) is 0 Å². The molecule has 0 saturated heterocycles. The Labute approximate surface area is 208 Å². The number of aliphatic carboxylic acids is 1. The van der Waals surface area contributed by atoms with Crippen LogP contribution in [-0.2, 0) is 9.59 Å². The molecule has 0 fully saturated rings. The smallest absolute Gasteiger partial charge is 0.303 e. The van der Waals surface area contributed by atoms with Crippen LogP contribution >= 0.6 is 0 Å². The Balaban J connectivity index is 3.80. The first kappa shape index (κ1) is 31.4. The summed E-state index contributed by atoms with van der Waals surface area (Å²) in [5, 5.41) is 11.9. The summed E-state index contributed by atoms with van der Waals surface area (Å²) < 4.78 is 0. The molecule has 190 valence electrons. The van der Waals surface area contributed by atoms with E-state index in [4.69, 9.17) is 5.11 Å². The van der Waals surface area contributed by atoms with Crippen LogP contribution in [-0.4, -0.2) is 23.5 Å². The van der Waals surface area contributed by atoms with Crippen LogP contribution in [0.2, 0.25) is 0 Å². The molecule has 0 heterocycles. The van der Waals surface area contributed by atoms with Crippen LogP contribution in [0.25, 0.3) is 0 Å². The van der Waals surface area contributed by atoms with Crippen LogP contribution < -0.4 is 5.32 Å². The van der Waals surface area contributed by atoms with E-state index in [1.807, 2.05) is 6.08 Å². The molecule has 0 bridgehead atoms. The highest BCUT2D eigenvalue weighted by Crippen LogP contribution is 2.14. The maximum absolute atomic E-state index is 12.0. The third kappa shape index (κ3) is 24.0. The van der Waals surface area contributed by atoms with Crippen LogP contribution in [0.1, 0.15) is 85.0 Å². The quantitative estimate of drug-likeness (QED) is 0.179. The van der Waals surface area contributed by atoms with Gasteiger partial charge in [-0.25, -0.2) is 0 Å². The molecule has 1 amide bonds. The van der Waals surface area contributed by atoms with Gasteiger partial charge in [0.05, 0.1) is 0 Å². The van der Waals surface area contributed by atoms with Gasteiger partial charge in [-0.1, -0.05) is 93.7 Å². The lowest BCUT2D eigenvalue weighted by atomic mass is 9.94. The van der Waals surface area contributed by atoms with Gasteiger partial charge in [-0.15, -0.1) is 0 Å². The molecule has 0 aliphatic carbocycles. The first-order valence-corrected chi connectivity index (χ1v) is 12.8. The van der Waals surface area contributed by atoms with E-state index in [2.05, 4.69) is 92.9 Å². The van der Waals surface area contributed by atoms with Crippen LogP contribution in [0, 0.1) is 11.8 Å². The lowest BCUT2D eigenvalue weighted by Gasteiger charge is -2.17. The molecule has 0 rings (SSSR count). The minimum atomic E-state index is -0.808. The van der Waals surface area contributed by atoms with Crippen molar-refractivity contribution < 1.29 is 14.7 Å². The number of hydrogen-bond acceptors (Lipinski definition) is 2. The Hall–Kier alpha value is -2.62. The fourth-order valence-electron chi connectivity index (χ4n) is 3.35. The third-order valence-corrected chi connectivity index (χ3v) is 4.99. The van der Waals surface area contributed by atoms with Gasteiger partial charge in [0.25, 0.3) is 0 Å². The number of nitrogens with one attached hydrogen (secondary N) is 1. The maximum Gasteiger partial charge on any atom is 0.303 e. The van der Waals surface area contributed by atoms with Crippen molar-refractivity contribution in [3.63, 3.8) is 0 Å². The van der Waals surface area contributed by atoms with Gasteiger partial charge in [0.2, 0.25) is 5.91 Å². The molecule has 0 aliphatic heterocycles. The van der Waals surface area contributed by atoms with Gasteiger partial charge in [0.1, 0.15) is 0 Å². The Kier molecular flexibility index (Phi) is 21.7. The van der Waals surface area contributed by atoms with E-state index in [9.17, 15) is 9.59 Å². The topological polar surface area (TPSA) is 66.4 Å². The Morgan fingerprint density at radius 3 is 1.59 bits per heavy atom. The van der Waals surface area contributed by atoms with E-state index in [-0.39, 0.29) is 18.2 Å².